The molecule has 11 heavy (non-hydrogen) atoms. The maximum Gasteiger partial charge on any atom is 0.0221 e. The normalized spacial score (nSPS) is 32.7. The number of hydrogen-bond acceptors (Lipinski definition) is 2. The molecular weight excluding hydrogens is 136 g/mol. The van der Waals surface area contributed by atoms with Crippen LogP contribution in [-0.4, -0.2) is 18.1 Å². The lowest BCUT2D eigenvalue weighted by Gasteiger charge is -2.30. The predicted molar refractivity (Wildman–Crippen MR) is 48.5 cm³/mol. The van der Waals surface area contributed by atoms with Gasteiger partial charge in [0.1, 0.15) is 0 Å². The first-order valence-electron chi connectivity index (χ1n) is 4.72. The van der Waals surface area contributed by atoms with Crippen LogP contribution in [0, 0.1) is 0 Å². The molecule has 0 spiro atoms. The molecule has 0 aromatic heterocycles. The highest BCUT2D eigenvalue weighted by atomic mass is 15.0. The summed E-state index contributed by atoms with van der Waals surface area (Å²) in [5.41, 5.74) is 5.96. The zero-order valence-electron chi connectivity index (χ0n) is 7.64. The number of hydrogen-bond donors (Lipinski definition) is 2. The zero-order chi connectivity index (χ0) is 8.27. The second kappa shape index (κ2) is 4.07. The van der Waals surface area contributed by atoms with Crippen LogP contribution in [0.2, 0.25) is 0 Å². The van der Waals surface area contributed by atoms with Gasteiger partial charge in [0.25, 0.3) is 0 Å². The van der Waals surface area contributed by atoms with Gasteiger partial charge in [-0.05, 0) is 12.8 Å². The van der Waals surface area contributed by atoms with Gasteiger partial charge in [-0.3, -0.25) is 0 Å². The second-order valence-electron chi connectivity index (χ2n) is 3.88. The average molecular weight is 156 g/mol. The molecule has 0 aliphatic heterocycles. The minimum absolute atomic E-state index is 0.395. The summed E-state index contributed by atoms with van der Waals surface area (Å²) in [5, 5.41) is 3.51. The standard InChI is InChI=1S/C9H20N2/c1-7(2)11-9-6-4-3-5-8(9)10/h7-9,11H,3-6,10H2,1-2H3. The summed E-state index contributed by atoms with van der Waals surface area (Å²) < 4.78 is 0. The quantitative estimate of drug-likeness (QED) is 0.631. The van der Waals surface area contributed by atoms with Crippen LogP contribution in [-0.2, 0) is 0 Å². The van der Waals surface area contributed by atoms with Gasteiger partial charge in [0.05, 0.1) is 0 Å². The molecule has 1 fully saturated rings. The van der Waals surface area contributed by atoms with Crippen LogP contribution < -0.4 is 11.1 Å². The van der Waals surface area contributed by atoms with Crippen molar-refractivity contribution in [2.45, 2.75) is 57.7 Å². The maximum atomic E-state index is 5.96. The van der Waals surface area contributed by atoms with Gasteiger partial charge >= 0.3 is 0 Å². The van der Waals surface area contributed by atoms with Crippen LogP contribution in [0.4, 0.5) is 0 Å². The van der Waals surface area contributed by atoms with Gasteiger partial charge in [0.2, 0.25) is 0 Å². The Morgan fingerprint density at radius 2 is 1.91 bits per heavy atom. The summed E-state index contributed by atoms with van der Waals surface area (Å²) in [6, 6.07) is 1.54. The minimum atomic E-state index is 0.395. The molecule has 0 aromatic rings. The molecule has 1 rings (SSSR count). The van der Waals surface area contributed by atoms with E-state index in [0.717, 1.165) is 0 Å². The molecule has 1 saturated carbocycles. The van der Waals surface area contributed by atoms with Crippen molar-refractivity contribution in [1.82, 2.24) is 5.32 Å². The van der Waals surface area contributed by atoms with Gasteiger partial charge in [-0.25, -0.2) is 0 Å². The average Bonchev–Trinajstić information content (AvgIpc) is 1.93. The predicted octanol–water partition coefficient (Wildman–Crippen LogP) is 1.25. The van der Waals surface area contributed by atoms with Crippen molar-refractivity contribution in [2.75, 3.05) is 0 Å². The number of nitrogens with one attached hydrogen (secondary N) is 1. The summed E-state index contributed by atoms with van der Waals surface area (Å²) in [5.74, 6) is 0. The molecule has 3 N–H and O–H groups in total. The number of rotatable bonds is 2. The van der Waals surface area contributed by atoms with Crippen LogP contribution in [0.25, 0.3) is 0 Å². The lowest BCUT2D eigenvalue weighted by molar-refractivity contribution is 0.311. The molecule has 0 amide bonds. The van der Waals surface area contributed by atoms with E-state index in [1.54, 1.807) is 0 Å². The zero-order valence-corrected chi connectivity index (χ0v) is 7.64. The Morgan fingerprint density at radius 1 is 1.27 bits per heavy atom. The van der Waals surface area contributed by atoms with Gasteiger partial charge in [-0.2, -0.15) is 0 Å². The largest absolute Gasteiger partial charge is 0.326 e. The van der Waals surface area contributed by atoms with Gasteiger partial charge in [-0.1, -0.05) is 26.7 Å². The van der Waals surface area contributed by atoms with Gasteiger partial charge in [0, 0.05) is 18.1 Å². The lowest BCUT2D eigenvalue weighted by Crippen LogP contribution is -2.49. The molecular formula is C9H20N2. The molecule has 66 valence electrons. The van der Waals surface area contributed by atoms with Crippen LogP contribution in [0.1, 0.15) is 39.5 Å². The first-order valence-corrected chi connectivity index (χ1v) is 4.72. The Balaban J connectivity index is 2.29. The van der Waals surface area contributed by atoms with Crippen molar-refractivity contribution in [3.05, 3.63) is 0 Å². The van der Waals surface area contributed by atoms with E-state index in [4.69, 9.17) is 5.73 Å². The molecule has 0 heterocycles. The molecule has 2 nitrogen and oxygen atoms in total. The molecule has 1 aliphatic carbocycles. The third-order valence-corrected chi connectivity index (χ3v) is 2.37. The molecule has 0 radical (unpaired) electrons. The Bertz CT molecular complexity index is 112. The van der Waals surface area contributed by atoms with E-state index >= 15 is 0 Å². The minimum Gasteiger partial charge on any atom is -0.326 e. The van der Waals surface area contributed by atoms with Gasteiger partial charge in [-0.15, -0.1) is 0 Å². The van der Waals surface area contributed by atoms with E-state index < -0.39 is 0 Å². The Labute approximate surface area is 69.5 Å². The molecule has 2 heteroatoms. The first-order chi connectivity index (χ1) is 5.20. The summed E-state index contributed by atoms with van der Waals surface area (Å²) in [6.45, 7) is 4.36. The third kappa shape index (κ3) is 2.80. The smallest absolute Gasteiger partial charge is 0.0221 e. The van der Waals surface area contributed by atoms with Crippen LogP contribution in [0.15, 0.2) is 0 Å². The van der Waals surface area contributed by atoms with Crippen molar-refractivity contribution >= 4 is 0 Å². The highest BCUT2D eigenvalue weighted by Gasteiger charge is 2.21. The third-order valence-electron chi connectivity index (χ3n) is 2.37. The van der Waals surface area contributed by atoms with E-state index in [-0.39, 0.29) is 0 Å². The summed E-state index contributed by atoms with van der Waals surface area (Å²) >= 11 is 0. The SMILES string of the molecule is CC(C)NC1CCCCC1N. The van der Waals surface area contributed by atoms with Crippen LogP contribution >= 0.6 is 0 Å². The monoisotopic (exact) mass is 156 g/mol. The van der Waals surface area contributed by atoms with E-state index in [9.17, 15) is 0 Å². The Morgan fingerprint density at radius 3 is 2.45 bits per heavy atom. The molecule has 0 saturated heterocycles. The Hall–Kier alpha value is -0.0800. The summed E-state index contributed by atoms with van der Waals surface area (Å²) in [7, 11) is 0. The molecule has 0 aromatic carbocycles. The fourth-order valence-corrected chi connectivity index (χ4v) is 1.79. The molecule has 1 aliphatic rings. The van der Waals surface area contributed by atoms with E-state index in [2.05, 4.69) is 19.2 Å². The maximum absolute atomic E-state index is 5.96. The van der Waals surface area contributed by atoms with Crippen molar-refractivity contribution < 1.29 is 0 Å². The fourth-order valence-electron chi connectivity index (χ4n) is 1.79. The fraction of sp³-hybridized carbons (Fsp3) is 1.00. The van der Waals surface area contributed by atoms with E-state index in [0.29, 0.717) is 18.1 Å². The summed E-state index contributed by atoms with van der Waals surface area (Å²) in [4.78, 5) is 0. The van der Waals surface area contributed by atoms with Crippen molar-refractivity contribution in [3.63, 3.8) is 0 Å². The van der Waals surface area contributed by atoms with Crippen LogP contribution in [0.5, 0.6) is 0 Å². The molecule has 0 bridgehead atoms. The highest BCUT2D eigenvalue weighted by molar-refractivity contribution is 4.84. The Kier molecular flexibility index (Phi) is 3.34. The summed E-state index contributed by atoms with van der Waals surface area (Å²) in [6.07, 6.45) is 5.12. The lowest BCUT2D eigenvalue weighted by atomic mass is 9.90. The first kappa shape index (κ1) is 9.01. The van der Waals surface area contributed by atoms with Gasteiger partial charge < -0.3 is 11.1 Å². The van der Waals surface area contributed by atoms with Gasteiger partial charge in [0.15, 0.2) is 0 Å². The molecule has 2 unspecified atom stereocenters. The van der Waals surface area contributed by atoms with Crippen molar-refractivity contribution in [2.24, 2.45) is 5.73 Å². The van der Waals surface area contributed by atoms with E-state index in [1.807, 2.05) is 0 Å². The highest BCUT2D eigenvalue weighted by Crippen LogP contribution is 2.16. The van der Waals surface area contributed by atoms with Crippen molar-refractivity contribution in [1.29, 1.82) is 0 Å². The topological polar surface area (TPSA) is 38.0 Å². The van der Waals surface area contributed by atoms with Crippen molar-refractivity contribution in [3.8, 4) is 0 Å². The molecule has 2 atom stereocenters. The second-order valence-corrected chi connectivity index (χ2v) is 3.88. The number of nitrogens with two attached hydrogens (primary N) is 1. The van der Waals surface area contributed by atoms with Crippen LogP contribution in [0.3, 0.4) is 0 Å². The van der Waals surface area contributed by atoms with E-state index in [1.165, 1.54) is 25.7 Å².